The van der Waals surface area contributed by atoms with Gasteiger partial charge in [0.25, 0.3) is 5.91 Å². The van der Waals surface area contributed by atoms with E-state index in [1.165, 1.54) is 5.56 Å². The molecule has 0 aromatic heterocycles. The average Bonchev–Trinajstić information content (AvgIpc) is 2.49. The highest BCUT2D eigenvalue weighted by atomic mass is 35.5. The van der Waals surface area contributed by atoms with Crippen LogP contribution in [0.2, 0.25) is 5.02 Å². The van der Waals surface area contributed by atoms with Crippen molar-refractivity contribution in [3.8, 4) is 5.75 Å². The molecular formula is C18H20ClNO2. The van der Waals surface area contributed by atoms with Crippen molar-refractivity contribution in [1.82, 2.24) is 5.32 Å². The Morgan fingerprint density at radius 3 is 2.45 bits per heavy atom. The Hall–Kier alpha value is -2.00. The molecule has 2 rings (SSSR count). The van der Waals surface area contributed by atoms with E-state index in [9.17, 15) is 4.79 Å². The van der Waals surface area contributed by atoms with Gasteiger partial charge in [0.2, 0.25) is 0 Å². The molecule has 1 amide bonds. The minimum absolute atomic E-state index is 0.0892. The van der Waals surface area contributed by atoms with Gasteiger partial charge in [-0.2, -0.15) is 0 Å². The topological polar surface area (TPSA) is 38.3 Å². The highest BCUT2D eigenvalue weighted by Gasteiger charge is 2.06. The number of amides is 1. The molecule has 0 aliphatic carbocycles. The third-order valence-corrected chi connectivity index (χ3v) is 3.98. The minimum Gasteiger partial charge on any atom is -0.492 e. The standard InChI is InChI=1S/C18H20ClNO2/c1-12-4-6-15(10-14(12)3)18(21)20-8-9-22-16-7-5-13(2)17(19)11-16/h4-7,10-11H,8-9H2,1-3H3,(H,20,21). The number of hydrogen-bond acceptors (Lipinski definition) is 2. The Kier molecular flexibility index (Phi) is 5.45. The number of aryl methyl sites for hydroxylation is 3. The summed E-state index contributed by atoms with van der Waals surface area (Å²) in [5, 5.41) is 3.52. The predicted molar refractivity (Wildman–Crippen MR) is 89.9 cm³/mol. The lowest BCUT2D eigenvalue weighted by Gasteiger charge is -2.09. The SMILES string of the molecule is Cc1ccc(C(=O)NCCOc2ccc(C)c(Cl)c2)cc1C. The van der Waals surface area contributed by atoms with Gasteiger partial charge in [-0.1, -0.05) is 23.7 Å². The Morgan fingerprint density at radius 1 is 1.05 bits per heavy atom. The van der Waals surface area contributed by atoms with Crippen molar-refractivity contribution < 1.29 is 9.53 Å². The van der Waals surface area contributed by atoms with Crippen LogP contribution >= 0.6 is 11.6 Å². The van der Waals surface area contributed by atoms with Gasteiger partial charge in [-0.05, 0) is 61.7 Å². The van der Waals surface area contributed by atoms with Crippen LogP contribution in [0.1, 0.15) is 27.0 Å². The second-order valence-electron chi connectivity index (χ2n) is 5.31. The lowest BCUT2D eigenvalue weighted by Crippen LogP contribution is -2.28. The van der Waals surface area contributed by atoms with Crippen LogP contribution < -0.4 is 10.1 Å². The largest absolute Gasteiger partial charge is 0.492 e. The third kappa shape index (κ3) is 4.25. The molecule has 4 heteroatoms. The number of carbonyl (C=O) groups excluding carboxylic acids is 1. The first-order valence-electron chi connectivity index (χ1n) is 7.22. The molecule has 2 aromatic carbocycles. The molecule has 0 saturated heterocycles. The van der Waals surface area contributed by atoms with E-state index in [2.05, 4.69) is 5.32 Å². The number of rotatable bonds is 5. The Labute approximate surface area is 136 Å². The summed E-state index contributed by atoms with van der Waals surface area (Å²) in [6.07, 6.45) is 0. The van der Waals surface area contributed by atoms with Crippen molar-refractivity contribution in [2.45, 2.75) is 20.8 Å². The summed E-state index contributed by atoms with van der Waals surface area (Å²) in [7, 11) is 0. The number of carbonyl (C=O) groups is 1. The summed E-state index contributed by atoms with van der Waals surface area (Å²) in [6.45, 7) is 6.80. The summed E-state index contributed by atoms with van der Waals surface area (Å²) in [5.41, 5.74) is 3.97. The van der Waals surface area contributed by atoms with E-state index in [-0.39, 0.29) is 5.91 Å². The van der Waals surface area contributed by atoms with Crippen LogP contribution in [0.3, 0.4) is 0 Å². The Balaban J connectivity index is 1.81. The maximum atomic E-state index is 12.0. The third-order valence-electron chi connectivity index (χ3n) is 3.57. The molecule has 1 N–H and O–H groups in total. The van der Waals surface area contributed by atoms with E-state index < -0.39 is 0 Å². The average molecular weight is 318 g/mol. The highest BCUT2D eigenvalue weighted by molar-refractivity contribution is 6.31. The molecule has 0 heterocycles. The zero-order chi connectivity index (χ0) is 16.1. The fraction of sp³-hybridized carbons (Fsp3) is 0.278. The predicted octanol–water partition coefficient (Wildman–Crippen LogP) is 4.07. The number of hydrogen-bond donors (Lipinski definition) is 1. The molecule has 2 aromatic rings. The molecule has 0 fully saturated rings. The minimum atomic E-state index is -0.0892. The van der Waals surface area contributed by atoms with Crippen molar-refractivity contribution in [3.05, 3.63) is 63.7 Å². The van der Waals surface area contributed by atoms with Gasteiger partial charge >= 0.3 is 0 Å². The molecule has 0 spiro atoms. The van der Waals surface area contributed by atoms with E-state index in [4.69, 9.17) is 16.3 Å². The maximum Gasteiger partial charge on any atom is 0.251 e. The molecule has 0 radical (unpaired) electrons. The maximum absolute atomic E-state index is 12.0. The van der Waals surface area contributed by atoms with Gasteiger partial charge in [-0.3, -0.25) is 4.79 Å². The highest BCUT2D eigenvalue weighted by Crippen LogP contribution is 2.21. The number of benzene rings is 2. The molecule has 0 aliphatic rings. The second kappa shape index (κ2) is 7.32. The van der Waals surface area contributed by atoms with Crippen molar-refractivity contribution >= 4 is 17.5 Å². The summed E-state index contributed by atoms with van der Waals surface area (Å²) >= 11 is 6.03. The van der Waals surface area contributed by atoms with Crippen molar-refractivity contribution in [3.63, 3.8) is 0 Å². The van der Waals surface area contributed by atoms with Gasteiger partial charge in [0.15, 0.2) is 0 Å². The number of ether oxygens (including phenoxy) is 1. The first-order chi connectivity index (χ1) is 10.5. The molecule has 0 bridgehead atoms. The van der Waals surface area contributed by atoms with Gasteiger partial charge in [-0.25, -0.2) is 0 Å². The normalized spacial score (nSPS) is 10.4. The van der Waals surface area contributed by atoms with Crippen molar-refractivity contribution in [2.75, 3.05) is 13.2 Å². The Morgan fingerprint density at radius 2 is 1.77 bits per heavy atom. The van der Waals surface area contributed by atoms with Crippen LogP contribution in [0.25, 0.3) is 0 Å². The Bertz CT molecular complexity index is 683. The smallest absolute Gasteiger partial charge is 0.251 e. The lowest BCUT2D eigenvalue weighted by atomic mass is 10.1. The van der Waals surface area contributed by atoms with Crippen molar-refractivity contribution in [1.29, 1.82) is 0 Å². The van der Waals surface area contributed by atoms with Crippen LogP contribution in [0.5, 0.6) is 5.75 Å². The zero-order valence-corrected chi connectivity index (χ0v) is 13.8. The lowest BCUT2D eigenvalue weighted by molar-refractivity contribution is 0.0947. The van der Waals surface area contributed by atoms with Gasteiger partial charge in [0.1, 0.15) is 12.4 Å². The van der Waals surface area contributed by atoms with Crippen LogP contribution in [-0.4, -0.2) is 19.1 Å². The van der Waals surface area contributed by atoms with Gasteiger partial charge in [-0.15, -0.1) is 0 Å². The second-order valence-corrected chi connectivity index (χ2v) is 5.72. The molecule has 22 heavy (non-hydrogen) atoms. The van der Waals surface area contributed by atoms with Gasteiger partial charge in [0.05, 0.1) is 6.54 Å². The first-order valence-corrected chi connectivity index (χ1v) is 7.59. The molecular weight excluding hydrogens is 298 g/mol. The van der Waals surface area contributed by atoms with Crippen LogP contribution in [0.4, 0.5) is 0 Å². The molecule has 3 nitrogen and oxygen atoms in total. The summed E-state index contributed by atoms with van der Waals surface area (Å²) in [6, 6.07) is 11.2. The van der Waals surface area contributed by atoms with Crippen molar-refractivity contribution in [2.24, 2.45) is 0 Å². The first kappa shape index (κ1) is 16.4. The fourth-order valence-corrected chi connectivity index (χ4v) is 2.15. The van der Waals surface area contributed by atoms with E-state index in [0.29, 0.717) is 29.5 Å². The molecule has 0 unspecified atom stereocenters. The molecule has 0 atom stereocenters. The van der Waals surface area contributed by atoms with Crippen LogP contribution in [-0.2, 0) is 0 Å². The van der Waals surface area contributed by atoms with Gasteiger partial charge < -0.3 is 10.1 Å². The van der Waals surface area contributed by atoms with E-state index in [1.807, 2.05) is 51.1 Å². The quantitative estimate of drug-likeness (QED) is 0.844. The molecule has 0 saturated carbocycles. The molecule has 0 aliphatic heterocycles. The molecule has 116 valence electrons. The van der Waals surface area contributed by atoms with E-state index in [0.717, 1.165) is 11.1 Å². The zero-order valence-electron chi connectivity index (χ0n) is 13.1. The number of nitrogens with one attached hydrogen (secondary N) is 1. The summed E-state index contributed by atoms with van der Waals surface area (Å²) < 4.78 is 5.57. The summed E-state index contributed by atoms with van der Waals surface area (Å²) in [4.78, 5) is 12.0. The van der Waals surface area contributed by atoms with Crippen LogP contribution in [0.15, 0.2) is 36.4 Å². The van der Waals surface area contributed by atoms with Gasteiger partial charge in [0, 0.05) is 10.6 Å². The monoisotopic (exact) mass is 317 g/mol. The van der Waals surface area contributed by atoms with E-state index >= 15 is 0 Å². The number of halogens is 1. The van der Waals surface area contributed by atoms with Crippen LogP contribution in [0, 0.1) is 20.8 Å². The van der Waals surface area contributed by atoms with E-state index in [1.54, 1.807) is 6.07 Å². The fourth-order valence-electron chi connectivity index (χ4n) is 1.98. The summed E-state index contributed by atoms with van der Waals surface area (Å²) in [5.74, 6) is 0.615.